The Labute approximate surface area is 70.9 Å². The van der Waals surface area contributed by atoms with Gasteiger partial charge < -0.3 is 15.0 Å². The zero-order valence-electron chi connectivity index (χ0n) is 6.96. The highest BCUT2D eigenvalue weighted by Gasteiger charge is 1.97. The third kappa shape index (κ3) is 2.65. The molecule has 12 heavy (non-hydrogen) atoms. The molecular weight excluding hydrogens is 156 g/mol. The first kappa shape index (κ1) is 8.64. The summed E-state index contributed by atoms with van der Waals surface area (Å²) in [6.07, 6.45) is 2.26. The molecule has 0 aliphatic rings. The van der Waals surface area contributed by atoms with Crippen LogP contribution in [0.2, 0.25) is 0 Å². The molecule has 4 nitrogen and oxygen atoms in total. The summed E-state index contributed by atoms with van der Waals surface area (Å²) in [5, 5.41) is 2.59. The van der Waals surface area contributed by atoms with Crippen molar-refractivity contribution in [3.63, 3.8) is 0 Å². The van der Waals surface area contributed by atoms with Crippen LogP contribution in [0, 0.1) is 0 Å². The lowest BCUT2D eigenvalue weighted by Crippen LogP contribution is -2.25. The molecule has 0 saturated heterocycles. The molecule has 0 saturated carbocycles. The van der Waals surface area contributed by atoms with Crippen LogP contribution >= 0.6 is 0 Å². The zero-order valence-corrected chi connectivity index (χ0v) is 6.96. The number of ether oxygens (including phenoxy) is 1. The Balaban J connectivity index is 2.15. The molecule has 0 atom stereocenters. The summed E-state index contributed by atoms with van der Waals surface area (Å²) in [5.41, 5.74) is 1.10. The van der Waals surface area contributed by atoms with E-state index in [1.165, 1.54) is 7.11 Å². The first-order chi connectivity index (χ1) is 5.83. The van der Waals surface area contributed by atoms with Gasteiger partial charge in [0, 0.05) is 24.9 Å². The van der Waals surface area contributed by atoms with Crippen LogP contribution in [0.3, 0.4) is 0 Å². The number of alkyl carbamates (subject to hydrolysis) is 1. The number of nitrogens with one attached hydrogen (secondary N) is 2. The molecule has 2 N–H and O–H groups in total. The second kappa shape index (κ2) is 4.43. The summed E-state index contributed by atoms with van der Waals surface area (Å²) in [7, 11) is 1.35. The molecule has 0 aliphatic carbocycles. The number of carbonyl (C=O) groups is 1. The van der Waals surface area contributed by atoms with E-state index >= 15 is 0 Å². The molecule has 1 amide bonds. The van der Waals surface area contributed by atoms with E-state index in [1.54, 1.807) is 0 Å². The van der Waals surface area contributed by atoms with Gasteiger partial charge in [0.05, 0.1) is 7.11 Å². The van der Waals surface area contributed by atoms with Crippen LogP contribution in [0.25, 0.3) is 0 Å². The summed E-state index contributed by atoms with van der Waals surface area (Å²) in [6, 6.07) is 3.90. The van der Waals surface area contributed by atoms with Crippen molar-refractivity contribution in [1.29, 1.82) is 0 Å². The molecule has 0 aliphatic heterocycles. The van der Waals surface area contributed by atoms with Crippen molar-refractivity contribution >= 4 is 6.09 Å². The maximum absolute atomic E-state index is 10.6. The fourth-order valence-electron chi connectivity index (χ4n) is 0.894. The van der Waals surface area contributed by atoms with Gasteiger partial charge in [-0.3, -0.25) is 0 Å². The first-order valence-corrected chi connectivity index (χ1v) is 3.77. The van der Waals surface area contributed by atoms with E-state index in [1.807, 2.05) is 18.3 Å². The molecule has 0 fully saturated rings. The van der Waals surface area contributed by atoms with E-state index < -0.39 is 0 Å². The van der Waals surface area contributed by atoms with Crippen LogP contribution in [0.4, 0.5) is 4.79 Å². The molecule has 1 aromatic rings. The SMILES string of the molecule is COC(=O)NCCc1ccc[nH]1. The minimum atomic E-state index is -0.387. The number of carbonyl (C=O) groups excluding carboxylic acids is 1. The van der Waals surface area contributed by atoms with Crippen LogP contribution in [0.1, 0.15) is 5.69 Å². The molecular formula is C8H12N2O2. The Bertz CT molecular complexity index is 231. The van der Waals surface area contributed by atoms with Crippen LogP contribution in [-0.2, 0) is 11.2 Å². The lowest BCUT2D eigenvalue weighted by atomic mass is 10.3. The molecule has 0 radical (unpaired) electrons. The molecule has 0 unspecified atom stereocenters. The van der Waals surface area contributed by atoms with Gasteiger partial charge in [-0.25, -0.2) is 4.79 Å². The number of amides is 1. The van der Waals surface area contributed by atoms with Crippen molar-refractivity contribution in [3.05, 3.63) is 24.0 Å². The highest BCUT2D eigenvalue weighted by Crippen LogP contribution is 1.93. The molecule has 1 heterocycles. The topological polar surface area (TPSA) is 54.1 Å². The van der Waals surface area contributed by atoms with E-state index in [4.69, 9.17) is 0 Å². The van der Waals surface area contributed by atoms with Gasteiger partial charge in [-0.05, 0) is 12.1 Å². The van der Waals surface area contributed by atoms with Crippen LogP contribution < -0.4 is 5.32 Å². The number of methoxy groups -OCH3 is 1. The second-order valence-electron chi connectivity index (χ2n) is 2.36. The molecule has 66 valence electrons. The maximum atomic E-state index is 10.6. The van der Waals surface area contributed by atoms with Crippen molar-refractivity contribution in [3.8, 4) is 0 Å². The Kier molecular flexibility index (Phi) is 3.19. The quantitative estimate of drug-likeness (QED) is 0.705. The summed E-state index contributed by atoms with van der Waals surface area (Å²) in [5.74, 6) is 0. The van der Waals surface area contributed by atoms with Crippen molar-refractivity contribution in [2.24, 2.45) is 0 Å². The average Bonchev–Trinajstić information content (AvgIpc) is 2.57. The van der Waals surface area contributed by atoms with E-state index in [0.29, 0.717) is 6.54 Å². The summed E-state index contributed by atoms with van der Waals surface area (Å²) in [6.45, 7) is 0.590. The molecule has 1 rings (SSSR count). The average molecular weight is 168 g/mol. The predicted octanol–water partition coefficient (Wildman–Crippen LogP) is 0.913. The Hall–Kier alpha value is -1.45. The fourth-order valence-corrected chi connectivity index (χ4v) is 0.894. The predicted molar refractivity (Wildman–Crippen MR) is 44.9 cm³/mol. The number of H-pyrrole nitrogens is 1. The maximum Gasteiger partial charge on any atom is 0.406 e. The first-order valence-electron chi connectivity index (χ1n) is 3.77. The molecule has 4 heteroatoms. The van der Waals surface area contributed by atoms with Crippen LogP contribution in [-0.4, -0.2) is 24.7 Å². The third-order valence-corrected chi connectivity index (χ3v) is 1.51. The summed E-state index contributed by atoms with van der Waals surface area (Å²) >= 11 is 0. The zero-order chi connectivity index (χ0) is 8.81. The van der Waals surface area contributed by atoms with Gasteiger partial charge in [-0.15, -0.1) is 0 Å². The minimum Gasteiger partial charge on any atom is -0.453 e. The smallest absolute Gasteiger partial charge is 0.406 e. The van der Waals surface area contributed by atoms with Crippen molar-refractivity contribution in [1.82, 2.24) is 10.3 Å². The van der Waals surface area contributed by atoms with Crippen LogP contribution in [0.5, 0.6) is 0 Å². The fraction of sp³-hybridized carbons (Fsp3) is 0.375. The van der Waals surface area contributed by atoms with E-state index in [9.17, 15) is 4.79 Å². The van der Waals surface area contributed by atoms with Gasteiger partial charge in [-0.2, -0.15) is 0 Å². The highest BCUT2D eigenvalue weighted by atomic mass is 16.5. The lowest BCUT2D eigenvalue weighted by Gasteiger charge is -2.01. The van der Waals surface area contributed by atoms with Crippen LogP contribution in [0.15, 0.2) is 18.3 Å². The van der Waals surface area contributed by atoms with E-state index in [2.05, 4.69) is 15.0 Å². The second-order valence-corrected chi connectivity index (χ2v) is 2.36. The van der Waals surface area contributed by atoms with E-state index in [0.717, 1.165) is 12.1 Å². The standard InChI is InChI=1S/C8H12N2O2/c1-12-8(11)10-6-4-7-3-2-5-9-7/h2-3,5,9H,4,6H2,1H3,(H,10,11). The van der Waals surface area contributed by atoms with Crippen molar-refractivity contribution in [2.45, 2.75) is 6.42 Å². The number of aromatic nitrogens is 1. The van der Waals surface area contributed by atoms with Gasteiger partial charge in [0.25, 0.3) is 0 Å². The minimum absolute atomic E-state index is 0.387. The van der Waals surface area contributed by atoms with Gasteiger partial charge in [0.1, 0.15) is 0 Å². The highest BCUT2D eigenvalue weighted by molar-refractivity contribution is 5.66. The van der Waals surface area contributed by atoms with E-state index in [-0.39, 0.29) is 6.09 Å². The lowest BCUT2D eigenvalue weighted by molar-refractivity contribution is 0.171. The molecule has 0 bridgehead atoms. The number of hydrogen-bond donors (Lipinski definition) is 2. The largest absolute Gasteiger partial charge is 0.453 e. The van der Waals surface area contributed by atoms with Crippen molar-refractivity contribution < 1.29 is 9.53 Å². The summed E-state index contributed by atoms with van der Waals surface area (Å²) < 4.78 is 4.41. The Morgan fingerprint density at radius 2 is 2.58 bits per heavy atom. The van der Waals surface area contributed by atoms with Gasteiger partial charge >= 0.3 is 6.09 Å². The monoisotopic (exact) mass is 168 g/mol. The molecule has 1 aromatic heterocycles. The Morgan fingerprint density at radius 1 is 1.75 bits per heavy atom. The van der Waals surface area contributed by atoms with Gasteiger partial charge in [0.15, 0.2) is 0 Å². The van der Waals surface area contributed by atoms with Gasteiger partial charge in [0.2, 0.25) is 0 Å². The third-order valence-electron chi connectivity index (χ3n) is 1.51. The van der Waals surface area contributed by atoms with Crippen molar-refractivity contribution in [2.75, 3.05) is 13.7 Å². The number of rotatable bonds is 3. The molecule has 0 spiro atoms. The molecule has 0 aromatic carbocycles. The van der Waals surface area contributed by atoms with Gasteiger partial charge in [-0.1, -0.05) is 0 Å². The normalized spacial score (nSPS) is 9.42. The number of hydrogen-bond acceptors (Lipinski definition) is 2. The Morgan fingerprint density at radius 3 is 3.17 bits per heavy atom. The number of aromatic amines is 1. The summed E-state index contributed by atoms with van der Waals surface area (Å²) in [4.78, 5) is 13.6.